The van der Waals surface area contributed by atoms with Gasteiger partial charge >= 0.3 is 0 Å². The molecule has 4 heteroatoms. The number of aromatic amines is 1. The molecule has 1 N–H and O–H groups in total. The van der Waals surface area contributed by atoms with Crippen LogP contribution in [-0.2, 0) is 0 Å². The molecule has 17 heavy (non-hydrogen) atoms. The molecule has 0 saturated heterocycles. The van der Waals surface area contributed by atoms with Crippen molar-refractivity contribution < 1.29 is 4.79 Å². The fourth-order valence-corrected chi connectivity index (χ4v) is 2.13. The average molecular weight is 231 g/mol. The summed E-state index contributed by atoms with van der Waals surface area (Å²) in [4.78, 5) is 23.6. The summed E-state index contributed by atoms with van der Waals surface area (Å²) in [5.74, 6) is 0.217. The number of carbonyl (C=O) groups excluding carboxylic acids is 1. The Kier molecular flexibility index (Phi) is 3.52. The highest BCUT2D eigenvalue weighted by atomic mass is 16.1. The van der Waals surface area contributed by atoms with Crippen molar-refractivity contribution >= 4 is 16.8 Å². The lowest BCUT2D eigenvalue weighted by Crippen LogP contribution is -2.15. The quantitative estimate of drug-likeness (QED) is 0.805. The normalized spacial score (nSPS) is 12.8. The number of H-pyrrole nitrogens is 1. The molecular weight excluding hydrogens is 214 g/mol. The topological polar surface area (TPSA) is 58.6 Å². The summed E-state index contributed by atoms with van der Waals surface area (Å²) in [5.41, 5.74) is 1.28. The molecule has 0 aliphatic heterocycles. The third-order valence-corrected chi connectivity index (χ3v) is 3.09. The van der Waals surface area contributed by atoms with Gasteiger partial charge in [-0.05, 0) is 18.9 Å². The highest BCUT2D eigenvalue weighted by molar-refractivity contribution is 6.05. The van der Waals surface area contributed by atoms with Crippen LogP contribution >= 0.6 is 0 Å². The minimum absolute atomic E-state index is 0.0769. The van der Waals surface area contributed by atoms with Crippen LogP contribution in [0.15, 0.2) is 18.6 Å². The number of rotatable bonds is 5. The molecule has 1 unspecified atom stereocenters. The Hall–Kier alpha value is -1.71. The van der Waals surface area contributed by atoms with Crippen molar-refractivity contribution in [3.8, 4) is 0 Å². The van der Waals surface area contributed by atoms with E-state index in [9.17, 15) is 4.79 Å². The van der Waals surface area contributed by atoms with Gasteiger partial charge in [0.25, 0.3) is 0 Å². The van der Waals surface area contributed by atoms with Gasteiger partial charge in [0.2, 0.25) is 0 Å². The van der Waals surface area contributed by atoms with Crippen molar-refractivity contribution in [2.45, 2.75) is 33.1 Å². The van der Waals surface area contributed by atoms with Crippen LogP contribution in [0.25, 0.3) is 11.0 Å². The molecule has 1 atom stereocenters. The van der Waals surface area contributed by atoms with Crippen molar-refractivity contribution in [2.75, 3.05) is 0 Å². The molecule has 0 spiro atoms. The predicted molar refractivity (Wildman–Crippen MR) is 66.9 cm³/mol. The Morgan fingerprint density at radius 2 is 2.24 bits per heavy atom. The Morgan fingerprint density at radius 1 is 1.41 bits per heavy atom. The zero-order chi connectivity index (χ0) is 12.3. The van der Waals surface area contributed by atoms with E-state index in [4.69, 9.17) is 0 Å². The minimum atomic E-state index is 0.0769. The van der Waals surface area contributed by atoms with E-state index < -0.39 is 0 Å². The fourth-order valence-electron chi connectivity index (χ4n) is 2.13. The van der Waals surface area contributed by atoms with Gasteiger partial charge in [-0.1, -0.05) is 20.3 Å². The largest absolute Gasteiger partial charge is 0.346 e. The fraction of sp³-hybridized carbons (Fsp3) is 0.462. The molecule has 2 heterocycles. The van der Waals surface area contributed by atoms with Crippen molar-refractivity contribution in [3.05, 3.63) is 24.3 Å². The predicted octanol–water partition coefficient (Wildman–Crippen LogP) is 2.97. The van der Waals surface area contributed by atoms with Gasteiger partial charge in [-0.2, -0.15) is 0 Å². The Labute approximate surface area is 100 Å². The monoisotopic (exact) mass is 231 g/mol. The summed E-state index contributed by atoms with van der Waals surface area (Å²) in [7, 11) is 0. The number of hydrogen-bond acceptors (Lipinski definition) is 3. The van der Waals surface area contributed by atoms with Gasteiger partial charge in [-0.3, -0.25) is 4.79 Å². The number of hydrogen-bond donors (Lipinski definition) is 1. The Bertz CT molecular complexity index is 518. The smallest absolute Gasteiger partial charge is 0.185 e. The summed E-state index contributed by atoms with van der Waals surface area (Å²) in [5, 5.41) is 0.826. The Morgan fingerprint density at radius 3 is 2.94 bits per heavy atom. The molecule has 2 rings (SSSR count). The van der Waals surface area contributed by atoms with Gasteiger partial charge in [0.1, 0.15) is 17.7 Å². The van der Waals surface area contributed by atoms with Gasteiger partial charge in [0.05, 0.1) is 0 Å². The zero-order valence-corrected chi connectivity index (χ0v) is 10.2. The summed E-state index contributed by atoms with van der Waals surface area (Å²) in [6.07, 6.45) is 6.04. The molecule has 0 saturated carbocycles. The van der Waals surface area contributed by atoms with Crippen LogP contribution in [0.3, 0.4) is 0 Å². The molecule has 4 nitrogen and oxygen atoms in total. The highest BCUT2D eigenvalue weighted by Gasteiger charge is 2.21. The van der Waals surface area contributed by atoms with Gasteiger partial charge < -0.3 is 4.98 Å². The van der Waals surface area contributed by atoms with E-state index in [2.05, 4.69) is 21.9 Å². The molecule has 0 aliphatic rings. The number of Topliss-reactive ketones (excluding diaryl/α,β-unsaturated/α-hetero) is 1. The number of aromatic nitrogens is 3. The van der Waals surface area contributed by atoms with Crippen LogP contribution in [0.4, 0.5) is 0 Å². The van der Waals surface area contributed by atoms with Crippen molar-refractivity contribution in [2.24, 2.45) is 5.92 Å². The van der Waals surface area contributed by atoms with E-state index in [1.165, 1.54) is 6.33 Å². The SMILES string of the molecule is CCCC(CC)C(=O)c1ncnc2[nH]ccc12. The maximum Gasteiger partial charge on any atom is 0.185 e. The highest BCUT2D eigenvalue weighted by Crippen LogP contribution is 2.21. The summed E-state index contributed by atoms with van der Waals surface area (Å²) in [6.45, 7) is 4.15. The van der Waals surface area contributed by atoms with Crippen LogP contribution in [0.2, 0.25) is 0 Å². The number of fused-ring (bicyclic) bond motifs is 1. The van der Waals surface area contributed by atoms with Crippen molar-refractivity contribution in [3.63, 3.8) is 0 Å². The second-order valence-corrected chi connectivity index (χ2v) is 4.22. The third-order valence-electron chi connectivity index (χ3n) is 3.09. The minimum Gasteiger partial charge on any atom is -0.346 e. The van der Waals surface area contributed by atoms with Crippen LogP contribution in [0.5, 0.6) is 0 Å². The van der Waals surface area contributed by atoms with E-state index >= 15 is 0 Å². The van der Waals surface area contributed by atoms with Crippen molar-refractivity contribution in [1.82, 2.24) is 15.0 Å². The lowest BCUT2D eigenvalue weighted by Gasteiger charge is -2.12. The number of ketones is 1. The molecule has 0 aromatic carbocycles. The number of nitrogens with one attached hydrogen (secondary N) is 1. The first kappa shape index (κ1) is 11.8. The van der Waals surface area contributed by atoms with Crippen LogP contribution in [-0.4, -0.2) is 20.7 Å². The maximum absolute atomic E-state index is 12.4. The molecular formula is C13H17N3O. The van der Waals surface area contributed by atoms with Crippen LogP contribution in [0.1, 0.15) is 43.6 Å². The van der Waals surface area contributed by atoms with Crippen molar-refractivity contribution in [1.29, 1.82) is 0 Å². The first-order valence-corrected chi connectivity index (χ1v) is 6.10. The van der Waals surface area contributed by atoms with E-state index in [-0.39, 0.29) is 11.7 Å². The Balaban J connectivity index is 2.38. The third kappa shape index (κ3) is 2.20. The first-order chi connectivity index (χ1) is 8.27. The second-order valence-electron chi connectivity index (χ2n) is 4.22. The average Bonchev–Trinajstić information content (AvgIpc) is 2.83. The molecule has 0 fully saturated rings. The zero-order valence-electron chi connectivity index (χ0n) is 10.2. The molecule has 2 aromatic rings. The van der Waals surface area contributed by atoms with Gasteiger partial charge in [0, 0.05) is 17.5 Å². The summed E-state index contributed by atoms with van der Waals surface area (Å²) >= 11 is 0. The van der Waals surface area contributed by atoms with E-state index in [0.717, 1.165) is 30.3 Å². The maximum atomic E-state index is 12.4. The number of nitrogens with zero attached hydrogens (tertiary/aromatic N) is 2. The van der Waals surface area contributed by atoms with Crippen LogP contribution < -0.4 is 0 Å². The first-order valence-electron chi connectivity index (χ1n) is 6.10. The summed E-state index contributed by atoms with van der Waals surface area (Å²) in [6, 6.07) is 1.86. The lowest BCUT2D eigenvalue weighted by molar-refractivity contribution is 0.0906. The van der Waals surface area contributed by atoms with E-state index in [1.807, 2.05) is 13.0 Å². The van der Waals surface area contributed by atoms with Gasteiger partial charge in [-0.25, -0.2) is 9.97 Å². The van der Waals surface area contributed by atoms with Gasteiger partial charge in [0.15, 0.2) is 5.78 Å². The molecule has 0 amide bonds. The molecule has 0 bridgehead atoms. The lowest BCUT2D eigenvalue weighted by atomic mass is 9.93. The summed E-state index contributed by atoms with van der Waals surface area (Å²) < 4.78 is 0. The molecule has 90 valence electrons. The van der Waals surface area contributed by atoms with E-state index in [1.54, 1.807) is 6.20 Å². The van der Waals surface area contributed by atoms with Crippen LogP contribution in [0, 0.1) is 5.92 Å². The molecule has 2 aromatic heterocycles. The van der Waals surface area contributed by atoms with E-state index in [0.29, 0.717) is 5.69 Å². The second kappa shape index (κ2) is 5.08. The standard InChI is InChI=1S/C13H17N3O/c1-3-5-9(4-2)12(17)11-10-6-7-14-13(10)16-8-15-11/h6-9H,3-5H2,1-2H3,(H,14,15,16). The number of carbonyl (C=O) groups is 1. The molecule has 0 aliphatic carbocycles. The van der Waals surface area contributed by atoms with Gasteiger partial charge in [-0.15, -0.1) is 0 Å². The molecule has 0 radical (unpaired) electrons.